The number of nitrogens with one attached hydrogen (secondary N) is 1. The van der Waals surface area contributed by atoms with E-state index in [0.717, 1.165) is 29.1 Å². The molecule has 10 heteroatoms. The third-order valence-electron chi connectivity index (χ3n) is 4.28. The molecule has 0 radical (unpaired) electrons. The fourth-order valence-electron chi connectivity index (χ4n) is 2.79. The Kier molecular flexibility index (Phi) is 5.75. The fraction of sp³-hybridized carbons (Fsp3) is 0.0952. The number of rotatable bonds is 6. The number of benzene rings is 2. The second kappa shape index (κ2) is 8.48. The first-order valence-corrected chi connectivity index (χ1v) is 10.7. The van der Waals surface area contributed by atoms with E-state index in [2.05, 4.69) is 15.3 Å². The molecule has 2 aromatic carbocycles. The number of carboxylic acids is 1. The van der Waals surface area contributed by atoms with Gasteiger partial charge in [0.15, 0.2) is 5.13 Å². The van der Waals surface area contributed by atoms with Crippen LogP contribution in [0.5, 0.6) is 0 Å². The number of hydrogen-bond donors (Lipinski definition) is 2. The van der Waals surface area contributed by atoms with Crippen LogP contribution in [-0.4, -0.2) is 21.0 Å². The topological polar surface area (TPSA) is 75.1 Å². The molecule has 0 spiro atoms. The average Bonchev–Trinajstić information content (AvgIpc) is 3.38. The van der Waals surface area contributed by atoms with Crippen LogP contribution < -0.4 is 5.32 Å². The number of hydrogen-bond acceptors (Lipinski definition) is 6. The van der Waals surface area contributed by atoms with Gasteiger partial charge in [-0.15, -0.1) is 22.7 Å². The molecule has 0 aliphatic heterocycles. The summed E-state index contributed by atoms with van der Waals surface area (Å²) in [5.74, 6) is -0.930. The van der Waals surface area contributed by atoms with E-state index in [4.69, 9.17) is 5.11 Å². The lowest BCUT2D eigenvalue weighted by Gasteiger charge is -2.06. The van der Waals surface area contributed by atoms with Crippen molar-refractivity contribution in [2.45, 2.75) is 12.6 Å². The predicted octanol–water partition coefficient (Wildman–Crippen LogP) is 6.32. The maximum Gasteiger partial charge on any atom is 0.416 e. The zero-order chi connectivity index (χ0) is 22.0. The van der Waals surface area contributed by atoms with E-state index in [-0.39, 0.29) is 6.42 Å². The van der Waals surface area contributed by atoms with Gasteiger partial charge in [0, 0.05) is 27.6 Å². The summed E-state index contributed by atoms with van der Waals surface area (Å²) in [5.41, 5.74) is 2.82. The van der Waals surface area contributed by atoms with Crippen LogP contribution in [0, 0.1) is 0 Å². The van der Waals surface area contributed by atoms with Gasteiger partial charge < -0.3 is 10.4 Å². The smallest absolute Gasteiger partial charge is 0.416 e. The number of anilines is 2. The van der Waals surface area contributed by atoms with E-state index in [1.807, 2.05) is 29.6 Å². The number of aromatic nitrogens is 2. The first kappa shape index (κ1) is 21.0. The molecular formula is C21H14F3N3O2S2. The van der Waals surface area contributed by atoms with Crippen LogP contribution in [0.1, 0.15) is 11.3 Å². The quantitative estimate of drug-likeness (QED) is 0.351. The minimum Gasteiger partial charge on any atom is -0.481 e. The second-order valence-corrected chi connectivity index (χ2v) is 8.25. The van der Waals surface area contributed by atoms with Gasteiger partial charge in [0.2, 0.25) is 0 Å². The summed E-state index contributed by atoms with van der Waals surface area (Å²) in [5, 5.41) is 16.7. The van der Waals surface area contributed by atoms with Crippen molar-refractivity contribution in [3.63, 3.8) is 0 Å². The van der Waals surface area contributed by atoms with E-state index >= 15 is 0 Å². The number of carboxylic acid groups (broad SMARTS) is 1. The summed E-state index contributed by atoms with van der Waals surface area (Å²) in [6.45, 7) is 0. The molecule has 0 bridgehead atoms. The van der Waals surface area contributed by atoms with Gasteiger partial charge in [-0.25, -0.2) is 9.97 Å². The van der Waals surface area contributed by atoms with Gasteiger partial charge in [0.25, 0.3) is 0 Å². The highest BCUT2D eigenvalue weighted by atomic mass is 32.1. The van der Waals surface area contributed by atoms with Crippen molar-refractivity contribution in [2.75, 3.05) is 5.32 Å². The summed E-state index contributed by atoms with van der Waals surface area (Å²) >= 11 is 2.68. The molecule has 4 rings (SSSR count). The SMILES string of the molecule is O=C(O)Cc1csc(Nc2ccc(-c3csc(-c4ccc(C(F)(F)F)cc4)n3)cc2)n1. The molecule has 2 heterocycles. The van der Waals surface area contributed by atoms with Crippen LogP contribution >= 0.6 is 22.7 Å². The van der Waals surface area contributed by atoms with Crippen LogP contribution in [0.3, 0.4) is 0 Å². The maximum absolute atomic E-state index is 12.7. The molecule has 2 aromatic heterocycles. The molecule has 0 fully saturated rings. The molecule has 0 aliphatic rings. The van der Waals surface area contributed by atoms with Crippen molar-refractivity contribution >= 4 is 39.5 Å². The third kappa shape index (κ3) is 5.09. The zero-order valence-electron chi connectivity index (χ0n) is 15.7. The Morgan fingerprint density at radius 2 is 1.61 bits per heavy atom. The fourth-order valence-corrected chi connectivity index (χ4v) is 4.35. The highest BCUT2D eigenvalue weighted by Gasteiger charge is 2.30. The average molecular weight is 461 g/mol. The lowest BCUT2D eigenvalue weighted by atomic mass is 10.1. The summed E-state index contributed by atoms with van der Waals surface area (Å²) < 4.78 is 38.2. The summed E-state index contributed by atoms with van der Waals surface area (Å²) in [4.78, 5) is 19.5. The van der Waals surface area contributed by atoms with E-state index in [1.54, 1.807) is 5.38 Å². The summed E-state index contributed by atoms with van der Waals surface area (Å²) in [6, 6.07) is 12.4. The monoisotopic (exact) mass is 461 g/mol. The van der Waals surface area contributed by atoms with Gasteiger partial charge in [0.05, 0.1) is 23.4 Å². The third-order valence-corrected chi connectivity index (χ3v) is 5.98. The van der Waals surface area contributed by atoms with Gasteiger partial charge in [-0.05, 0) is 24.3 Å². The molecular weight excluding hydrogens is 447 g/mol. The maximum atomic E-state index is 12.7. The standard InChI is InChI=1S/C21H14F3N3O2S2/c22-21(23,24)14-5-1-13(2-6-14)19-27-17(11-30-19)12-3-7-15(8-4-12)25-20-26-16(10-31-20)9-18(28)29/h1-8,10-11H,9H2,(H,25,26)(H,28,29). The molecule has 158 valence electrons. The Morgan fingerprint density at radius 1 is 0.935 bits per heavy atom. The first-order valence-electron chi connectivity index (χ1n) is 8.95. The van der Waals surface area contributed by atoms with Crippen LogP contribution in [0.4, 0.5) is 24.0 Å². The van der Waals surface area contributed by atoms with Crippen LogP contribution in [-0.2, 0) is 17.4 Å². The largest absolute Gasteiger partial charge is 0.481 e. The van der Waals surface area contributed by atoms with Crippen molar-refractivity contribution < 1.29 is 23.1 Å². The molecule has 0 aliphatic carbocycles. The van der Waals surface area contributed by atoms with Gasteiger partial charge in [-0.3, -0.25) is 4.79 Å². The number of aliphatic carboxylic acids is 1. The van der Waals surface area contributed by atoms with E-state index in [9.17, 15) is 18.0 Å². The molecule has 0 unspecified atom stereocenters. The van der Waals surface area contributed by atoms with Crippen LogP contribution in [0.25, 0.3) is 21.8 Å². The van der Waals surface area contributed by atoms with Gasteiger partial charge in [0.1, 0.15) is 5.01 Å². The second-order valence-electron chi connectivity index (χ2n) is 6.53. The van der Waals surface area contributed by atoms with Crippen molar-refractivity contribution in [2.24, 2.45) is 0 Å². The number of halogens is 3. The lowest BCUT2D eigenvalue weighted by Crippen LogP contribution is -2.03. The molecule has 4 aromatic rings. The van der Waals surface area contributed by atoms with E-state index in [1.165, 1.54) is 34.8 Å². The zero-order valence-corrected chi connectivity index (χ0v) is 17.3. The lowest BCUT2D eigenvalue weighted by molar-refractivity contribution is -0.138. The first-order chi connectivity index (χ1) is 14.8. The molecule has 0 amide bonds. The molecule has 0 saturated heterocycles. The Morgan fingerprint density at radius 3 is 2.26 bits per heavy atom. The minimum atomic E-state index is -4.36. The molecule has 5 nitrogen and oxygen atoms in total. The highest BCUT2D eigenvalue weighted by molar-refractivity contribution is 7.14. The summed E-state index contributed by atoms with van der Waals surface area (Å²) in [6.07, 6.45) is -4.49. The van der Waals surface area contributed by atoms with Crippen LogP contribution in [0.15, 0.2) is 59.3 Å². The van der Waals surface area contributed by atoms with Crippen molar-refractivity contribution in [1.29, 1.82) is 0 Å². The molecule has 0 atom stereocenters. The number of alkyl halides is 3. The Balaban J connectivity index is 1.45. The van der Waals surface area contributed by atoms with E-state index in [0.29, 0.717) is 21.4 Å². The van der Waals surface area contributed by atoms with Gasteiger partial charge in [-0.2, -0.15) is 13.2 Å². The Bertz CT molecular complexity index is 1200. The number of carbonyl (C=O) groups is 1. The number of nitrogens with zero attached hydrogens (tertiary/aromatic N) is 2. The van der Waals surface area contributed by atoms with E-state index < -0.39 is 17.7 Å². The van der Waals surface area contributed by atoms with Crippen molar-refractivity contribution in [1.82, 2.24) is 9.97 Å². The minimum absolute atomic E-state index is 0.123. The number of thiazole rings is 2. The van der Waals surface area contributed by atoms with Crippen LogP contribution in [0.2, 0.25) is 0 Å². The Hall–Kier alpha value is -3.24. The molecule has 2 N–H and O–H groups in total. The van der Waals surface area contributed by atoms with Crippen molar-refractivity contribution in [3.8, 4) is 21.8 Å². The molecule has 0 saturated carbocycles. The van der Waals surface area contributed by atoms with Gasteiger partial charge in [-0.1, -0.05) is 24.3 Å². The highest BCUT2D eigenvalue weighted by Crippen LogP contribution is 2.33. The van der Waals surface area contributed by atoms with Crippen molar-refractivity contribution in [3.05, 3.63) is 70.5 Å². The predicted molar refractivity (Wildman–Crippen MR) is 115 cm³/mol. The summed E-state index contributed by atoms with van der Waals surface area (Å²) in [7, 11) is 0. The molecule has 31 heavy (non-hydrogen) atoms. The van der Waals surface area contributed by atoms with Gasteiger partial charge >= 0.3 is 12.1 Å². The Labute approximate surface area is 182 Å². The normalized spacial score (nSPS) is 11.5.